The van der Waals surface area contributed by atoms with Crippen molar-refractivity contribution >= 4 is 48.8 Å². The molecule has 0 spiro atoms. The maximum Gasteiger partial charge on any atom is 0.227 e. The Morgan fingerprint density at radius 2 is 1.63 bits per heavy atom. The summed E-state index contributed by atoms with van der Waals surface area (Å²) >= 11 is 10.2. The second-order valence-corrected chi connectivity index (χ2v) is 8.50. The summed E-state index contributed by atoms with van der Waals surface area (Å²) < 4.78 is -0.286. The second-order valence-electron chi connectivity index (χ2n) is 7.31. The number of anilines is 1. The van der Waals surface area contributed by atoms with Gasteiger partial charge in [-0.1, -0.05) is 24.3 Å². The van der Waals surface area contributed by atoms with Gasteiger partial charge in [0.1, 0.15) is 0 Å². The molecule has 0 saturated carbocycles. The van der Waals surface area contributed by atoms with Crippen molar-refractivity contribution in [3.05, 3.63) is 59.7 Å². The predicted molar refractivity (Wildman–Crippen MR) is 125 cm³/mol. The molecular weight excluding hydrogens is 597 g/mol. The standard InChI is InChI=1S/C22H28N4OS2.Au/c1-24(2)20-9-5-18(6-10-20)16-23-19-7-3-17(4-8-19)15-21(27)25-11-13-26(14-12-25)22(28)29;/h3-10,16,22,28-29H,11-15H2,1-2H3;/p-2. The Bertz CT molecular complexity index is 833. The van der Waals surface area contributed by atoms with E-state index < -0.39 is 0 Å². The number of piperazine rings is 1. The molecule has 165 valence electrons. The Hall–Kier alpha value is -1.22. The largest absolute Gasteiger partial charge is 0.800 e. The fourth-order valence-electron chi connectivity index (χ4n) is 3.18. The SMILES string of the molecule is CN(C)c1ccc(C=Nc2ccc(CC(=O)N3CCN(C([S-])[S-])CC3)cc2)cc1.[Au]. The molecule has 8 heteroatoms. The zero-order valence-electron chi connectivity index (χ0n) is 17.1. The topological polar surface area (TPSA) is 39.2 Å². The molecule has 30 heavy (non-hydrogen) atoms. The van der Waals surface area contributed by atoms with Gasteiger partial charge in [-0.15, -0.1) is 0 Å². The third kappa shape index (κ3) is 7.18. The van der Waals surface area contributed by atoms with Crippen molar-refractivity contribution in [2.45, 2.75) is 11.1 Å². The summed E-state index contributed by atoms with van der Waals surface area (Å²) in [6.07, 6.45) is 2.26. The molecule has 0 N–H and O–H groups in total. The van der Waals surface area contributed by atoms with Crippen LogP contribution >= 0.6 is 0 Å². The number of carbonyl (C=O) groups is 1. The van der Waals surface area contributed by atoms with Gasteiger partial charge >= 0.3 is 0 Å². The third-order valence-electron chi connectivity index (χ3n) is 5.03. The summed E-state index contributed by atoms with van der Waals surface area (Å²) in [5, 5.41) is 0. The van der Waals surface area contributed by atoms with Crippen LogP contribution in [-0.2, 0) is 58.9 Å². The minimum atomic E-state index is -0.286. The van der Waals surface area contributed by atoms with E-state index >= 15 is 0 Å². The first-order valence-electron chi connectivity index (χ1n) is 9.66. The smallest absolute Gasteiger partial charge is 0.227 e. The van der Waals surface area contributed by atoms with Gasteiger partial charge in [0, 0.05) is 74.6 Å². The maximum absolute atomic E-state index is 12.5. The maximum atomic E-state index is 12.5. The van der Waals surface area contributed by atoms with E-state index in [9.17, 15) is 4.79 Å². The van der Waals surface area contributed by atoms with Gasteiger partial charge in [0.15, 0.2) is 0 Å². The van der Waals surface area contributed by atoms with Crippen LogP contribution in [0.1, 0.15) is 11.1 Å². The minimum Gasteiger partial charge on any atom is -0.800 e. The fourth-order valence-corrected chi connectivity index (χ4v) is 3.60. The van der Waals surface area contributed by atoms with Crippen molar-refractivity contribution < 1.29 is 27.2 Å². The van der Waals surface area contributed by atoms with Crippen LogP contribution in [0.15, 0.2) is 53.5 Å². The summed E-state index contributed by atoms with van der Waals surface area (Å²) in [6, 6.07) is 16.1. The van der Waals surface area contributed by atoms with Crippen molar-refractivity contribution in [3.63, 3.8) is 0 Å². The van der Waals surface area contributed by atoms with Gasteiger partial charge in [-0.3, -0.25) is 9.79 Å². The van der Waals surface area contributed by atoms with E-state index in [1.54, 1.807) is 0 Å². The Morgan fingerprint density at radius 1 is 1.03 bits per heavy atom. The van der Waals surface area contributed by atoms with Crippen LogP contribution in [0.5, 0.6) is 0 Å². The molecule has 0 aliphatic carbocycles. The zero-order chi connectivity index (χ0) is 20.8. The first-order chi connectivity index (χ1) is 13.9. The molecular formula is C22H26AuN4OS2-2. The van der Waals surface area contributed by atoms with Crippen LogP contribution in [0.2, 0.25) is 0 Å². The van der Waals surface area contributed by atoms with Crippen LogP contribution < -0.4 is 4.90 Å². The van der Waals surface area contributed by atoms with Gasteiger partial charge in [0.05, 0.1) is 12.1 Å². The Balaban J connectivity index is 0.00000320. The first kappa shape index (κ1) is 25.0. The Morgan fingerprint density at radius 3 is 2.17 bits per heavy atom. The molecule has 0 bridgehead atoms. The Labute approximate surface area is 205 Å². The molecule has 5 nitrogen and oxygen atoms in total. The first-order valence-corrected chi connectivity index (χ1v) is 10.6. The molecule has 1 radical (unpaired) electrons. The molecule has 1 amide bonds. The van der Waals surface area contributed by atoms with Crippen molar-refractivity contribution in [1.29, 1.82) is 0 Å². The number of carbonyl (C=O) groups excluding carboxylic acids is 1. The zero-order valence-corrected chi connectivity index (χ0v) is 20.9. The van der Waals surface area contributed by atoms with E-state index in [1.165, 1.54) is 0 Å². The molecule has 3 rings (SSSR count). The van der Waals surface area contributed by atoms with Crippen LogP contribution in [0.3, 0.4) is 0 Å². The number of amides is 1. The average Bonchev–Trinajstić information content (AvgIpc) is 2.73. The molecule has 1 heterocycles. The summed E-state index contributed by atoms with van der Waals surface area (Å²) in [5.74, 6) is 0.146. The number of rotatable bonds is 6. The Kier molecular flexibility index (Phi) is 10.0. The normalized spacial score (nSPS) is 14.8. The number of aliphatic imine (C=N–C) groups is 1. The van der Waals surface area contributed by atoms with Gasteiger partial charge in [0.2, 0.25) is 5.91 Å². The summed E-state index contributed by atoms with van der Waals surface area (Å²) in [5.41, 5.74) is 4.07. The summed E-state index contributed by atoms with van der Waals surface area (Å²) in [4.78, 5) is 23.1. The van der Waals surface area contributed by atoms with Crippen molar-refractivity contribution in [3.8, 4) is 0 Å². The third-order valence-corrected chi connectivity index (χ3v) is 5.63. The van der Waals surface area contributed by atoms with Crippen LogP contribution in [-0.4, -0.2) is 66.9 Å². The molecule has 0 aromatic heterocycles. The van der Waals surface area contributed by atoms with E-state index in [2.05, 4.69) is 26.9 Å². The van der Waals surface area contributed by atoms with Gasteiger partial charge in [-0.2, -0.15) is 0 Å². The molecule has 2 aromatic rings. The van der Waals surface area contributed by atoms with Crippen LogP contribution in [0.4, 0.5) is 11.4 Å². The molecule has 1 aliphatic rings. The van der Waals surface area contributed by atoms with Crippen molar-refractivity contribution in [2.24, 2.45) is 4.99 Å². The van der Waals surface area contributed by atoms with Crippen LogP contribution in [0, 0.1) is 0 Å². The van der Waals surface area contributed by atoms with Gasteiger partial charge in [-0.25, -0.2) is 4.71 Å². The van der Waals surface area contributed by atoms with Gasteiger partial charge in [-0.05, 0) is 35.4 Å². The van der Waals surface area contributed by atoms with Gasteiger partial charge < -0.3 is 40.0 Å². The number of nitrogens with zero attached hydrogens (tertiary/aromatic N) is 4. The fraction of sp³-hybridized carbons (Fsp3) is 0.364. The molecule has 1 fully saturated rings. The minimum absolute atomic E-state index is 0. The van der Waals surface area contributed by atoms with E-state index in [1.807, 2.05) is 61.6 Å². The van der Waals surface area contributed by atoms with E-state index in [4.69, 9.17) is 25.3 Å². The average molecular weight is 624 g/mol. The monoisotopic (exact) mass is 623 g/mol. The van der Waals surface area contributed by atoms with Crippen molar-refractivity contribution in [1.82, 2.24) is 9.80 Å². The summed E-state index contributed by atoms with van der Waals surface area (Å²) in [6.45, 7) is 2.90. The van der Waals surface area contributed by atoms with Crippen molar-refractivity contribution in [2.75, 3.05) is 45.2 Å². The van der Waals surface area contributed by atoms with E-state index in [0.29, 0.717) is 19.5 Å². The molecule has 2 aromatic carbocycles. The van der Waals surface area contributed by atoms with E-state index in [0.717, 1.165) is 35.6 Å². The molecule has 1 aliphatic heterocycles. The summed E-state index contributed by atoms with van der Waals surface area (Å²) in [7, 11) is 4.04. The molecule has 0 atom stereocenters. The van der Waals surface area contributed by atoms with Crippen LogP contribution in [0.25, 0.3) is 0 Å². The molecule has 0 unspecified atom stereocenters. The van der Waals surface area contributed by atoms with Gasteiger partial charge in [0.25, 0.3) is 0 Å². The quantitative estimate of drug-likeness (QED) is 0.281. The molecule has 1 saturated heterocycles. The number of hydrogen-bond donors (Lipinski definition) is 0. The predicted octanol–water partition coefficient (Wildman–Crippen LogP) is 2.56. The second kappa shape index (κ2) is 12.0. The van der Waals surface area contributed by atoms with E-state index in [-0.39, 0.29) is 33.0 Å². The number of hydrogen-bond acceptors (Lipinski definition) is 6. The number of benzene rings is 2.